The van der Waals surface area contributed by atoms with Crippen LogP contribution in [0.25, 0.3) is 0 Å². The van der Waals surface area contributed by atoms with Crippen LogP contribution in [-0.4, -0.2) is 6.54 Å². The Labute approximate surface area is 133 Å². The van der Waals surface area contributed by atoms with E-state index in [1.165, 1.54) is 10.9 Å². The molecule has 0 spiro atoms. The molecule has 1 N–H and O–H groups in total. The average Bonchev–Trinajstić information content (AvgIpc) is 2.78. The van der Waals surface area contributed by atoms with Crippen molar-refractivity contribution in [1.82, 2.24) is 5.32 Å². The van der Waals surface area contributed by atoms with Gasteiger partial charge in [-0.05, 0) is 67.5 Å². The van der Waals surface area contributed by atoms with Crippen molar-refractivity contribution in [2.45, 2.75) is 19.4 Å². The third-order valence-electron chi connectivity index (χ3n) is 2.88. The van der Waals surface area contributed by atoms with E-state index in [0.717, 1.165) is 23.0 Å². The fourth-order valence-corrected chi connectivity index (χ4v) is 3.90. The Hall–Kier alpha value is -0.230. The number of hydrogen-bond acceptors (Lipinski definition) is 2. The second kappa shape index (κ2) is 6.97. The highest BCUT2D eigenvalue weighted by molar-refractivity contribution is 9.10. The van der Waals surface area contributed by atoms with Crippen LogP contribution < -0.4 is 5.32 Å². The van der Waals surface area contributed by atoms with Crippen molar-refractivity contribution in [3.63, 3.8) is 0 Å². The van der Waals surface area contributed by atoms with Crippen LogP contribution in [0.1, 0.15) is 23.4 Å². The lowest BCUT2D eigenvalue weighted by Gasteiger charge is -2.18. The van der Waals surface area contributed by atoms with E-state index in [0.29, 0.717) is 4.47 Å². The normalized spacial score (nSPS) is 12.6. The molecule has 19 heavy (non-hydrogen) atoms. The molecule has 1 aromatic heterocycles. The zero-order valence-electron chi connectivity index (χ0n) is 10.4. The van der Waals surface area contributed by atoms with Gasteiger partial charge in [0.1, 0.15) is 5.82 Å². The van der Waals surface area contributed by atoms with Gasteiger partial charge in [-0.1, -0.05) is 13.0 Å². The van der Waals surface area contributed by atoms with Gasteiger partial charge >= 0.3 is 0 Å². The summed E-state index contributed by atoms with van der Waals surface area (Å²) in [5, 5.41) is 5.53. The van der Waals surface area contributed by atoms with Crippen LogP contribution in [-0.2, 0) is 6.42 Å². The van der Waals surface area contributed by atoms with Crippen LogP contribution in [0.5, 0.6) is 0 Å². The lowest BCUT2D eigenvalue weighted by atomic mass is 10.0. The Kier molecular flexibility index (Phi) is 5.57. The Morgan fingerprint density at radius 1 is 1.26 bits per heavy atom. The molecule has 0 bridgehead atoms. The van der Waals surface area contributed by atoms with E-state index in [-0.39, 0.29) is 11.9 Å². The Morgan fingerprint density at radius 3 is 2.63 bits per heavy atom. The molecule has 2 aromatic rings. The number of rotatable bonds is 5. The molecule has 1 unspecified atom stereocenters. The van der Waals surface area contributed by atoms with E-state index in [2.05, 4.69) is 55.5 Å². The predicted molar refractivity (Wildman–Crippen MR) is 86.2 cm³/mol. The lowest BCUT2D eigenvalue weighted by molar-refractivity contribution is 0.549. The summed E-state index contributed by atoms with van der Waals surface area (Å²) in [6.45, 7) is 2.96. The Morgan fingerprint density at radius 2 is 2.05 bits per heavy atom. The second-order valence-electron chi connectivity index (χ2n) is 4.18. The van der Waals surface area contributed by atoms with Gasteiger partial charge in [0.05, 0.1) is 4.47 Å². The lowest BCUT2D eigenvalue weighted by Crippen LogP contribution is -2.22. The molecule has 0 saturated heterocycles. The van der Waals surface area contributed by atoms with E-state index in [1.807, 2.05) is 12.1 Å². The number of nitrogens with one attached hydrogen (secondary N) is 1. The molecule has 0 radical (unpaired) electrons. The molecule has 2 rings (SSSR count). The minimum absolute atomic E-state index is 0.192. The van der Waals surface area contributed by atoms with Gasteiger partial charge in [0.25, 0.3) is 0 Å². The third-order valence-corrected chi connectivity index (χ3v) is 5.43. The van der Waals surface area contributed by atoms with Crippen molar-refractivity contribution in [3.05, 3.63) is 54.8 Å². The summed E-state index contributed by atoms with van der Waals surface area (Å²) in [4.78, 5) is 1.30. The maximum Gasteiger partial charge on any atom is 0.137 e. The van der Waals surface area contributed by atoms with Crippen molar-refractivity contribution in [2.75, 3.05) is 6.54 Å². The van der Waals surface area contributed by atoms with Gasteiger partial charge in [0.15, 0.2) is 0 Å². The van der Waals surface area contributed by atoms with Crippen molar-refractivity contribution in [1.29, 1.82) is 0 Å². The maximum atomic E-state index is 13.3. The van der Waals surface area contributed by atoms with Crippen LogP contribution in [0.4, 0.5) is 4.39 Å². The average molecular weight is 407 g/mol. The molecule has 0 amide bonds. The molecule has 1 nitrogen and oxygen atoms in total. The summed E-state index contributed by atoms with van der Waals surface area (Å²) in [5.74, 6) is -0.226. The van der Waals surface area contributed by atoms with Gasteiger partial charge in [-0.15, -0.1) is 11.3 Å². The van der Waals surface area contributed by atoms with Crippen LogP contribution in [0.2, 0.25) is 0 Å². The zero-order chi connectivity index (χ0) is 13.8. The summed E-state index contributed by atoms with van der Waals surface area (Å²) in [6.07, 6.45) is 0.893. The van der Waals surface area contributed by atoms with Gasteiger partial charge in [-0.3, -0.25) is 0 Å². The first-order chi connectivity index (χ1) is 9.11. The van der Waals surface area contributed by atoms with E-state index < -0.39 is 0 Å². The van der Waals surface area contributed by atoms with Crippen LogP contribution in [0.15, 0.2) is 38.6 Å². The highest BCUT2D eigenvalue weighted by Gasteiger charge is 2.15. The summed E-state index contributed by atoms with van der Waals surface area (Å²) >= 11 is 8.54. The summed E-state index contributed by atoms with van der Waals surface area (Å²) < 4.78 is 15.0. The molecule has 1 heterocycles. The molecule has 0 fully saturated rings. The molecule has 0 saturated carbocycles. The monoisotopic (exact) mass is 405 g/mol. The molecule has 0 aliphatic rings. The van der Waals surface area contributed by atoms with Gasteiger partial charge in [-0.25, -0.2) is 4.39 Å². The van der Waals surface area contributed by atoms with Crippen LogP contribution >= 0.6 is 43.2 Å². The fraction of sp³-hybridized carbons (Fsp3) is 0.286. The van der Waals surface area contributed by atoms with E-state index in [9.17, 15) is 4.39 Å². The summed E-state index contributed by atoms with van der Waals surface area (Å²) in [6, 6.07) is 7.45. The number of halogens is 3. The van der Waals surface area contributed by atoms with Crippen molar-refractivity contribution in [3.8, 4) is 0 Å². The van der Waals surface area contributed by atoms with Crippen molar-refractivity contribution >= 4 is 43.2 Å². The standard InChI is InChI=1S/C14H14Br2FNS/c1-2-18-13(8-14-10(15)5-6-19-14)9-3-4-12(17)11(16)7-9/h3-7,13,18H,2,8H2,1H3. The van der Waals surface area contributed by atoms with E-state index in [1.54, 1.807) is 11.3 Å². The topological polar surface area (TPSA) is 12.0 Å². The first-order valence-electron chi connectivity index (χ1n) is 6.02. The highest BCUT2D eigenvalue weighted by Crippen LogP contribution is 2.29. The largest absolute Gasteiger partial charge is 0.310 e. The smallest absolute Gasteiger partial charge is 0.137 e. The van der Waals surface area contributed by atoms with Gasteiger partial charge in [0, 0.05) is 21.8 Å². The second-order valence-corrected chi connectivity index (χ2v) is 6.89. The molecule has 1 atom stereocenters. The number of hydrogen-bond donors (Lipinski definition) is 1. The third kappa shape index (κ3) is 3.88. The van der Waals surface area contributed by atoms with Gasteiger partial charge in [0.2, 0.25) is 0 Å². The first kappa shape index (κ1) is 15.2. The fourth-order valence-electron chi connectivity index (χ4n) is 1.94. The molecule has 1 aromatic carbocycles. The molecule has 0 aliphatic heterocycles. The summed E-state index contributed by atoms with van der Waals surface area (Å²) in [5.41, 5.74) is 1.09. The van der Waals surface area contributed by atoms with Crippen molar-refractivity contribution in [2.24, 2.45) is 0 Å². The quantitative estimate of drug-likeness (QED) is 0.709. The predicted octanol–water partition coefficient (Wildman–Crippen LogP) is 5.31. The molecular formula is C14H14Br2FNS. The van der Waals surface area contributed by atoms with E-state index in [4.69, 9.17) is 0 Å². The number of benzene rings is 1. The minimum atomic E-state index is -0.226. The Bertz CT molecular complexity index is 556. The minimum Gasteiger partial charge on any atom is -0.310 e. The number of likely N-dealkylation sites (N-methyl/N-ethyl adjacent to an activating group) is 1. The molecule has 102 valence electrons. The maximum absolute atomic E-state index is 13.3. The van der Waals surface area contributed by atoms with Crippen molar-refractivity contribution < 1.29 is 4.39 Å². The first-order valence-corrected chi connectivity index (χ1v) is 8.48. The SMILES string of the molecule is CCNC(Cc1sccc1Br)c1ccc(F)c(Br)c1. The zero-order valence-corrected chi connectivity index (χ0v) is 14.4. The highest BCUT2D eigenvalue weighted by atomic mass is 79.9. The molecule has 0 aliphatic carbocycles. The van der Waals surface area contributed by atoms with Crippen LogP contribution in [0.3, 0.4) is 0 Å². The summed E-state index contributed by atoms with van der Waals surface area (Å²) in [7, 11) is 0. The number of thiophene rings is 1. The molecular weight excluding hydrogens is 393 g/mol. The van der Waals surface area contributed by atoms with E-state index >= 15 is 0 Å². The Balaban J connectivity index is 2.24. The van der Waals surface area contributed by atoms with Gasteiger partial charge < -0.3 is 5.32 Å². The van der Waals surface area contributed by atoms with Gasteiger partial charge in [-0.2, -0.15) is 0 Å². The van der Waals surface area contributed by atoms with Crippen LogP contribution in [0, 0.1) is 5.82 Å². The molecule has 5 heteroatoms.